The maximum atomic E-state index is 9.93. The molecule has 2 aliphatic heterocycles. The van der Waals surface area contributed by atoms with E-state index in [2.05, 4.69) is 89.7 Å². The Morgan fingerprint density at radius 1 is 1.11 bits per heavy atom. The van der Waals surface area contributed by atoms with Gasteiger partial charge in [0, 0.05) is 11.6 Å². The molecule has 0 saturated carbocycles. The molecule has 6 aliphatic rings. The van der Waals surface area contributed by atoms with E-state index >= 15 is 0 Å². The van der Waals surface area contributed by atoms with Crippen LogP contribution in [0.4, 0.5) is 0 Å². The van der Waals surface area contributed by atoms with E-state index in [1.54, 1.807) is 0 Å². The fraction of sp³-hybridized carbons (Fsp3) is 0.516. The van der Waals surface area contributed by atoms with Gasteiger partial charge in [0.2, 0.25) is 0 Å². The van der Waals surface area contributed by atoms with E-state index < -0.39 is 5.54 Å². The van der Waals surface area contributed by atoms with Crippen LogP contribution in [0.3, 0.4) is 0 Å². The normalized spacial score (nSPS) is 41.6. The first kappa shape index (κ1) is 22.7. The molecule has 2 fully saturated rings. The van der Waals surface area contributed by atoms with Crippen molar-refractivity contribution in [3.8, 4) is 17.9 Å². The molecule has 0 aromatic heterocycles. The molecule has 180 valence electrons. The number of nitrogens with one attached hydrogen (secondary N) is 1. The summed E-state index contributed by atoms with van der Waals surface area (Å²) in [6.45, 7) is 3.03. The molecule has 4 nitrogen and oxygen atoms in total. The van der Waals surface area contributed by atoms with Gasteiger partial charge in [-0.05, 0) is 81.6 Å². The number of fused-ring (bicyclic) bond motifs is 2. The molecule has 8 atom stereocenters. The Kier molecular flexibility index (Phi) is 6.05. The first-order valence-electron chi connectivity index (χ1n) is 13.4. The van der Waals surface area contributed by atoms with Crippen LogP contribution in [0.25, 0.3) is 0 Å². The molecule has 0 spiro atoms. The van der Waals surface area contributed by atoms with Crippen LogP contribution in [0.15, 0.2) is 72.0 Å². The molecule has 0 bridgehead atoms. The molecule has 7 unspecified atom stereocenters. The van der Waals surface area contributed by atoms with E-state index in [-0.39, 0.29) is 24.3 Å². The summed E-state index contributed by atoms with van der Waals surface area (Å²) < 4.78 is 6.45. The fourth-order valence-corrected chi connectivity index (χ4v) is 6.94. The molecule has 4 heteroatoms. The van der Waals surface area contributed by atoms with Gasteiger partial charge in [0.15, 0.2) is 0 Å². The molecule has 0 radical (unpaired) electrons. The number of ether oxygens (including phenoxy) is 1. The summed E-state index contributed by atoms with van der Waals surface area (Å²) in [5, 5.41) is 13.4. The number of rotatable bonds is 3. The number of hydrogen-bond donors (Lipinski definition) is 1. The van der Waals surface area contributed by atoms with E-state index in [0.29, 0.717) is 17.8 Å². The quantitative estimate of drug-likeness (QED) is 0.473. The highest BCUT2D eigenvalue weighted by Gasteiger charge is 2.44. The topological polar surface area (TPSA) is 48.3 Å². The van der Waals surface area contributed by atoms with Crippen molar-refractivity contribution in [2.24, 2.45) is 17.8 Å². The number of hydrogen-bond acceptors (Lipinski definition) is 4. The van der Waals surface area contributed by atoms with Gasteiger partial charge in [-0.15, -0.1) is 0 Å². The number of piperidine rings is 1. The van der Waals surface area contributed by atoms with Crippen LogP contribution in [-0.2, 0) is 4.74 Å². The van der Waals surface area contributed by atoms with Gasteiger partial charge >= 0.3 is 0 Å². The van der Waals surface area contributed by atoms with Crippen molar-refractivity contribution < 1.29 is 4.74 Å². The summed E-state index contributed by atoms with van der Waals surface area (Å²) in [6, 6.07) is 2.98. The molecular weight excluding hydrogens is 430 g/mol. The lowest BCUT2D eigenvalue weighted by atomic mass is 9.69. The van der Waals surface area contributed by atoms with Crippen molar-refractivity contribution in [1.29, 1.82) is 5.26 Å². The lowest BCUT2D eigenvalue weighted by Gasteiger charge is -2.50. The highest BCUT2D eigenvalue weighted by atomic mass is 16.5. The predicted octanol–water partition coefficient (Wildman–Crippen LogP) is 4.96. The van der Waals surface area contributed by atoms with Crippen LogP contribution in [0.2, 0.25) is 0 Å². The molecule has 1 N–H and O–H groups in total. The van der Waals surface area contributed by atoms with E-state index in [4.69, 9.17) is 4.74 Å². The van der Waals surface area contributed by atoms with Gasteiger partial charge in [0.1, 0.15) is 11.6 Å². The molecule has 0 amide bonds. The molecule has 0 aromatic carbocycles. The third kappa shape index (κ3) is 4.14. The molecular formula is C31H35N3O. The minimum Gasteiger partial charge on any atom is -0.357 e. The van der Waals surface area contributed by atoms with Crippen LogP contribution in [0.5, 0.6) is 0 Å². The van der Waals surface area contributed by atoms with Crippen LogP contribution in [0.1, 0.15) is 45.4 Å². The first-order chi connectivity index (χ1) is 17.2. The van der Waals surface area contributed by atoms with Gasteiger partial charge < -0.3 is 9.64 Å². The number of morpholine rings is 1. The number of allylic oxidation sites excluding steroid dienone is 9. The zero-order chi connectivity index (χ0) is 23.8. The average Bonchev–Trinajstić information content (AvgIpc) is 2.92. The molecule has 0 aromatic rings. The van der Waals surface area contributed by atoms with Gasteiger partial charge in [-0.25, -0.2) is 0 Å². The third-order valence-electron chi connectivity index (χ3n) is 8.79. The monoisotopic (exact) mass is 465 g/mol. The number of nitriles is 1. The van der Waals surface area contributed by atoms with Crippen molar-refractivity contribution in [3.63, 3.8) is 0 Å². The van der Waals surface area contributed by atoms with Crippen LogP contribution >= 0.6 is 0 Å². The van der Waals surface area contributed by atoms with Gasteiger partial charge in [0.05, 0.1) is 24.3 Å². The highest BCUT2D eigenvalue weighted by molar-refractivity contribution is 5.40. The zero-order valence-corrected chi connectivity index (χ0v) is 20.6. The van der Waals surface area contributed by atoms with Crippen LogP contribution in [0, 0.1) is 40.9 Å². The second kappa shape index (κ2) is 9.34. The van der Waals surface area contributed by atoms with E-state index in [0.717, 1.165) is 45.1 Å². The minimum absolute atomic E-state index is 0.0666. The summed E-state index contributed by atoms with van der Waals surface area (Å²) >= 11 is 0. The summed E-state index contributed by atoms with van der Waals surface area (Å²) in [7, 11) is 0. The molecule has 2 saturated heterocycles. The Morgan fingerprint density at radius 2 is 2.03 bits per heavy atom. The van der Waals surface area contributed by atoms with Gasteiger partial charge in [-0.3, -0.25) is 5.32 Å². The summed E-state index contributed by atoms with van der Waals surface area (Å²) in [5.41, 5.74) is 2.24. The second-order valence-corrected chi connectivity index (χ2v) is 10.9. The van der Waals surface area contributed by atoms with Gasteiger partial charge in [-0.1, -0.05) is 60.4 Å². The van der Waals surface area contributed by atoms with E-state index in [1.807, 2.05) is 6.08 Å². The third-order valence-corrected chi connectivity index (χ3v) is 8.79. The number of nitrogens with zero attached hydrogens (tertiary/aromatic N) is 2. The summed E-state index contributed by atoms with van der Waals surface area (Å²) in [4.78, 5) is 2.56. The first-order valence-corrected chi connectivity index (χ1v) is 13.4. The lowest BCUT2D eigenvalue weighted by molar-refractivity contribution is -0.0976. The Bertz CT molecular complexity index is 1140. The van der Waals surface area contributed by atoms with Crippen molar-refractivity contribution in [1.82, 2.24) is 10.2 Å². The molecule has 2 heterocycles. The van der Waals surface area contributed by atoms with Crippen molar-refractivity contribution in [3.05, 3.63) is 72.0 Å². The van der Waals surface area contributed by atoms with Crippen LogP contribution < -0.4 is 5.32 Å². The standard InChI is InChI=1S/C31H35N3O/c1-31(21-32)26(13-8-18-33-31)24-11-6-9-22(19-24)23-10-7-12-25(20-23)34-27-14-2-4-16-29(27)35-30-17-5-3-15-28(30)34/h2-3,6-7,9,12,14-15,19-20,23-24,26-30,33H,4,8,10-11,13,16,18H2,1H3/t23?,24?,26?,27?,28?,29?,30-,31?/m1/s1. The maximum absolute atomic E-state index is 9.93. The summed E-state index contributed by atoms with van der Waals surface area (Å²) in [5.74, 6) is 7.56. The molecule has 4 aliphatic carbocycles. The fourth-order valence-electron chi connectivity index (χ4n) is 6.94. The minimum atomic E-state index is -0.442. The predicted molar refractivity (Wildman–Crippen MR) is 139 cm³/mol. The second-order valence-electron chi connectivity index (χ2n) is 10.9. The Labute approximate surface area is 209 Å². The van der Waals surface area contributed by atoms with Gasteiger partial charge in [-0.2, -0.15) is 5.26 Å². The Balaban J connectivity index is 1.29. The smallest absolute Gasteiger partial charge is 0.142 e. The van der Waals surface area contributed by atoms with E-state index in [9.17, 15) is 5.26 Å². The zero-order valence-electron chi connectivity index (χ0n) is 20.6. The van der Waals surface area contributed by atoms with Crippen molar-refractivity contribution in [2.75, 3.05) is 6.54 Å². The lowest BCUT2D eigenvalue weighted by Crippen LogP contribution is -2.59. The maximum Gasteiger partial charge on any atom is 0.142 e. The largest absolute Gasteiger partial charge is 0.357 e. The highest BCUT2D eigenvalue weighted by Crippen LogP contribution is 2.41. The Morgan fingerprint density at radius 3 is 2.94 bits per heavy atom. The average molecular weight is 466 g/mol. The SMILES string of the molecule is CC1(C#N)NCCCC1C1C=C(C2C=C(N3C4C=CCCC4O[C@@H]4C#CC=CC43)C=CC2)C=CC1. The molecule has 6 rings (SSSR count). The molecule has 35 heavy (non-hydrogen) atoms. The van der Waals surface area contributed by atoms with Gasteiger partial charge in [0.25, 0.3) is 0 Å². The summed E-state index contributed by atoms with van der Waals surface area (Å²) in [6.07, 6.45) is 29.7. The van der Waals surface area contributed by atoms with E-state index in [1.165, 1.54) is 11.3 Å². The van der Waals surface area contributed by atoms with Crippen molar-refractivity contribution in [2.45, 2.75) is 75.3 Å². The van der Waals surface area contributed by atoms with Crippen LogP contribution in [-0.4, -0.2) is 41.3 Å². The Hall–Kier alpha value is -2.79. The van der Waals surface area contributed by atoms with Crippen molar-refractivity contribution >= 4 is 0 Å².